The zero-order valence-corrected chi connectivity index (χ0v) is 17.7. The Morgan fingerprint density at radius 1 is 0.727 bits per heavy atom. The average molecular weight is 415 g/mol. The SMILES string of the molecule is CC1=C(C)C(C)C([C]23[CH]4[CH]5[CH]6[CH]2[Zr]56432789[CH]3[CH]2[CH]7[CH]8[CH]39)=C1C.Cl.Cl. The molecule has 10 fully saturated rings. The van der Waals surface area contributed by atoms with E-state index in [2.05, 4.69) is 33.3 Å². The number of fused-ring (bicyclic) bond motifs is 10. The summed E-state index contributed by atoms with van der Waals surface area (Å²) in [6, 6.07) is 0. The molecule has 118 valence electrons. The molecular weight excluding hydrogens is 390 g/mol. The van der Waals surface area contributed by atoms with Crippen LogP contribution in [0.25, 0.3) is 0 Å². The van der Waals surface area contributed by atoms with Gasteiger partial charge in [-0.3, -0.25) is 0 Å². The minimum absolute atomic E-state index is 0. The van der Waals surface area contributed by atoms with Gasteiger partial charge in [-0.05, 0) is 0 Å². The summed E-state index contributed by atoms with van der Waals surface area (Å²) in [6.45, 7) is 9.99. The molecule has 0 N–H and O–H groups in total. The molecule has 0 nitrogen and oxygen atoms in total. The minimum atomic E-state index is -3.44. The van der Waals surface area contributed by atoms with Crippen molar-refractivity contribution in [2.24, 2.45) is 5.92 Å². The molecule has 0 aromatic heterocycles. The van der Waals surface area contributed by atoms with Crippen LogP contribution in [0.2, 0.25) is 35.8 Å². The zero-order valence-electron chi connectivity index (χ0n) is 13.6. The van der Waals surface area contributed by atoms with Crippen LogP contribution in [-0.4, -0.2) is 0 Å². The Kier molecular flexibility index (Phi) is 0.572. The van der Waals surface area contributed by atoms with Crippen LogP contribution in [-0.2, 0) is 11.4 Å². The first-order chi connectivity index (χ1) is 9.31. The normalized spacial score (nSPS) is 101. The molecule has 0 aromatic rings. The van der Waals surface area contributed by atoms with Crippen molar-refractivity contribution in [3.63, 3.8) is 0 Å². The van der Waals surface area contributed by atoms with Gasteiger partial charge in [0.2, 0.25) is 0 Å². The molecule has 0 saturated carbocycles. The predicted molar refractivity (Wildman–Crippen MR) is 91.2 cm³/mol. The van der Waals surface area contributed by atoms with Gasteiger partial charge in [0.15, 0.2) is 0 Å². The zero-order chi connectivity index (χ0) is 12.9. The van der Waals surface area contributed by atoms with Crippen molar-refractivity contribution >= 4 is 24.8 Å². The van der Waals surface area contributed by atoms with Crippen LogP contribution < -0.4 is 0 Å². The fraction of sp³-hybridized carbons (Fsp3) is 0.789. The van der Waals surface area contributed by atoms with Gasteiger partial charge in [-0.1, -0.05) is 0 Å². The fourth-order valence-electron chi connectivity index (χ4n) is 26.7. The van der Waals surface area contributed by atoms with Gasteiger partial charge in [-0.2, -0.15) is 0 Å². The number of halogens is 2. The van der Waals surface area contributed by atoms with Gasteiger partial charge in [0, 0.05) is 0 Å². The number of rotatable bonds is 1. The third-order valence-electron chi connectivity index (χ3n) is 23.3. The minimum Gasteiger partial charge on any atom is -0.147 e. The smallest absolute Gasteiger partial charge is 0.147 e. The van der Waals surface area contributed by atoms with E-state index in [0.717, 1.165) is 9.04 Å². The quantitative estimate of drug-likeness (QED) is 0.438. The van der Waals surface area contributed by atoms with Gasteiger partial charge in [0.25, 0.3) is 0 Å². The maximum Gasteiger partial charge on any atom is -0.147 e. The molecule has 5 atom stereocenters. The van der Waals surface area contributed by atoms with Crippen LogP contribution in [0.3, 0.4) is 0 Å². The molecule has 11 rings (SSSR count). The fourth-order valence-corrected chi connectivity index (χ4v) is 252. The van der Waals surface area contributed by atoms with Crippen LogP contribution in [0, 0.1) is 5.92 Å². The summed E-state index contributed by atoms with van der Waals surface area (Å²) in [4.78, 5) is 0. The van der Waals surface area contributed by atoms with Gasteiger partial charge in [0.1, 0.15) is 0 Å². The van der Waals surface area contributed by atoms with Gasteiger partial charge in [-0.15, -0.1) is 24.8 Å². The summed E-state index contributed by atoms with van der Waals surface area (Å²) in [6.07, 6.45) is 0. The van der Waals surface area contributed by atoms with Gasteiger partial charge in [-0.25, -0.2) is 0 Å². The summed E-state index contributed by atoms with van der Waals surface area (Å²) >= 11 is -3.44. The summed E-state index contributed by atoms with van der Waals surface area (Å²) < 4.78 is 14.6. The third-order valence-corrected chi connectivity index (χ3v) is 118. The molecular formula is C19H24Cl2Zr. The molecule has 0 amide bonds. The predicted octanol–water partition coefficient (Wildman–Crippen LogP) is 6.89. The second kappa shape index (κ2) is 1.09. The van der Waals surface area contributed by atoms with Crippen LogP contribution in [0.4, 0.5) is 0 Å². The summed E-state index contributed by atoms with van der Waals surface area (Å²) in [5.41, 5.74) is 7.39. The van der Waals surface area contributed by atoms with Gasteiger partial charge in [0.05, 0.1) is 0 Å². The number of hydrogen-bond donors (Lipinski definition) is 0. The van der Waals surface area contributed by atoms with Crippen LogP contribution in [0.5, 0.6) is 0 Å². The standard InChI is InChI=1S/C14H17.C5H5.2ClH.Zr/c1-9-10(2)12(4)14(11(9)3)13-7-5-6-8-13;1-2-4-5-3-1;;;/h5-8,11H,1-4H3;1-5H;2*1H;. The van der Waals surface area contributed by atoms with Crippen molar-refractivity contribution < 1.29 is 11.4 Å². The van der Waals surface area contributed by atoms with E-state index in [1.165, 1.54) is 32.6 Å². The van der Waals surface area contributed by atoms with Gasteiger partial charge >= 0.3 is 103 Å². The Morgan fingerprint density at radius 3 is 1.41 bits per heavy atom. The average Bonchev–Trinajstić information content (AvgIpc) is 3.35. The van der Waals surface area contributed by atoms with Crippen molar-refractivity contribution in [2.75, 3.05) is 0 Å². The summed E-state index contributed by atoms with van der Waals surface area (Å²) in [5, 5.41) is 0. The van der Waals surface area contributed by atoms with Crippen molar-refractivity contribution in [1.29, 1.82) is 0 Å². The Bertz CT molecular complexity index is 1140. The van der Waals surface area contributed by atoms with E-state index in [-0.39, 0.29) is 24.8 Å². The second-order valence-electron chi connectivity index (χ2n) is 15.9. The maximum atomic E-state index is 2.59. The Balaban J connectivity index is 0.000000450. The third kappa shape index (κ3) is 0.145. The van der Waals surface area contributed by atoms with Crippen LogP contribution in [0.1, 0.15) is 27.7 Å². The second-order valence-corrected chi connectivity index (χ2v) is 68.3. The molecule has 10 saturated heterocycles. The largest absolute Gasteiger partial charge is 0.147 e. The van der Waals surface area contributed by atoms with E-state index in [1.54, 1.807) is 11.1 Å². The van der Waals surface area contributed by atoms with Crippen molar-refractivity contribution in [3.8, 4) is 0 Å². The molecule has 0 bridgehead atoms. The topological polar surface area (TPSA) is 0 Å². The van der Waals surface area contributed by atoms with Crippen LogP contribution in [0.15, 0.2) is 22.3 Å². The monoisotopic (exact) mass is 412 g/mol. The molecule has 10 heterocycles. The Hall–Kier alpha value is 0.943. The van der Waals surface area contributed by atoms with Crippen LogP contribution >= 0.6 is 24.8 Å². The summed E-state index contributed by atoms with van der Waals surface area (Å²) in [5.74, 6) is 0.851. The van der Waals surface area contributed by atoms with Crippen molar-refractivity contribution in [1.82, 2.24) is 0 Å². The van der Waals surface area contributed by atoms with E-state index in [0.29, 0.717) is 0 Å². The van der Waals surface area contributed by atoms with E-state index >= 15 is 0 Å². The number of hydrogen-bond acceptors (Lipinski definition) is 0. The maximum absolute atomic E-state index is 3.44. The van der Waals surface area contributed by atoms with Crippen molar-refractivity contribution in [3.05, 3.63) is 22.3 Å². The Morgan fingerprint density at radius 2 is 1.18 bits per heavy atom. The van der Waals surface area contributed by atoms with E-state index in [1.807, 2.05) is 5.57 Å². The molecule has 1 spiro atoms. The molecule has 22 heavy (non-hydrogen) atoms. The first-order valence-electron chi connectivity index (χ1n) is 9.75. The van der Waals surface area contributed by atoms with Crippen molar-refractivity contribution in [2.45, 2.75) is 63.5 Å². The van der Waals surface area contributed by atoms with E-state index < -0.39 is 11.4 Å². The molecule has 1 aliphatic carbocycles. The molecule has 0 aromatic carbocycles. The molecule has 3 heteroatoms. The number of allylic oxidation sites excluding steroid dienone is 4. The molecule has 5 unspecified atom stereocenters. The molecule has 10 aliphatic heterocycles. The molecule has 0 radical (unpaired) electrons. The first-order valence-corrected chi connectivity index (χ1v) is 23.7. The molecule has 11 aliphatic rings. The summed E-state index contributed by atoms with van der Waals surface area (Å²) in [7, 11) is 0. The Labute approximate surface area is 127 Å². The van der Waals surface area contributed by atoms with E-state index in [9.17, 15) is 0 Å². The first kappa shape index (κ1) is 11.5. The van der Waals surface area contributed by atoms with E-state index in [4.69, 9.17) is 0 Å². The van der Waals surface area contributed by atoms with Gasteiger partial charge < -0.3 is 0 Å².